The summed E-state index contributed by atoms with van der Waals surface area (Å²) in [5.74, 6) is 1.78. The summed E-state index contributed by atoms with van der Waals surface area (Å²) in [5.41, 5.74) is 6.50. The fraction of sp³-hybridized carbons (Fsp3) is 0.357. The first-order chi connectivity index (χ1) is 10.1. The van der Waals surface area contributed by atoms with Crippen molar-refractivity contribution in [3.05, 3.63) is 41.5 Å². The standard InChI is InChI=1S/C14H19N5O2/c1-10-16-13(18-17-10)8-19(2)14(20)9-21-12-6-4-3-5-11(12)7-15/h3-6H,7-9,15H2,1-2H3,(H,16,17,18). The molecular formula is C14H19N5O2. The Kier molecular flexibility index (Phi) is 4.89. The molecule has 1 heterocycles. The zero-order valence-corrected chi connectivity index (χ0v) is 12.2. The Morgan fingerprint density at radius 1 is 1.43 bits per heavy atom. The minimum absolute atomic E-state index is 0.0447. The molecule has 0 saturated heterocycles. The first-order valence-corrected chi connectivity index (χ1v) is 6.62. The van der Waals surface area contributed by atoms with Crippen LogP contribution in [0.5, 0.6) is 5.75 Å². The average Bonchev–Trinajstić information content (AvgIpc) is 2.90. The molecule has 7 nitrogen and oxygen atoms in total. The van der Waals surface area contributed by atoms with Crippen molar-refractivity contribution in [1.29, 1.82) is 0 Å². The second-order valence-electron chi connectivity index (χ2n) is 4.69. The molecule has 0 radical (unpaired) electrons. The minimum Gasteiger partial charge on any atom is -0.483 e. The number of rotatable bonds is 6. The van der Waals surface area contributed by atoms with Gasteiger partial charge in [0.15, 0.2) is 12.4 Å². The van der Waals surface area contributed by atoms with Crippen molar-refractivity contribution >= 4 is 5.91 Å². The number of aryl methyl sites for hydroxylation is 1. The van der Waals surface area contributed by atoms with Gasteiger partial charge in [0.25, 0.3) is 5.91 Å². The third-order valence-corrected chi connectivity index (χ3v) is 2.99. The van der Waals surface area contributed by atoms with E-state index in [2.05, 4.69) is 15.2 Å². The molecule has 2 rings (SSSR count). The van der Waals surface area contributed by atoms with Crippen molar-refractivity contribution in [2.75, 3.05) is 13.7 Å². The van der Waals surface area contributed by atoms with Gasteiger partial charge in [-0.25, -0.2) is 4.98 Å². The van der Waals surface area contributed by atoms with Crippen LogP contribution in [-0.4, -0.2) is 39.6 Å². The van der Waals surface area contributed by atoms with Crippen LogP contribution in [0.15, 0.2) is 24.3 Å². The van der Waals surface area contributed by atoms with E-state index in [0.29, 0.717) is 24.7 Å². The van der Waals surface area contributed by atoms with Crippen molar-refractivity contribution < 1.29 is 9.53 Å². The van der Waals surface area contributed by atoms with Crippen LogP contribution in [0.2, 0.25) is 0 Å². The quantitative estimate of drug-likeness (QED) is 0.812. The number of hydrogen-bond acceptors (Lipinski definition) is 5. The molecule has 0 aliphatic carbocycles. The summed E-state index contributed by atoms with van der Waals surface area (Å²) in [5, 5.41) is 6.74. The first-order valence-electron chi connectivity index (χ1n) is 6.62. The molecule has 112 valence electrons. The van der Waals surface area contributed by atoms with E-state index in [-0.39, 0.29) is 12.5 Å². The van der Waals surface area contributed by atoms with Gasteiger partial charge in [0, 0.05) is 19.2 Å². The van der Waals surface area contributed by atoms with E-state index >= 15 is 0 Å². The van der Waals surface area contributed by atoms with Crippen LogP contribution in [0.4, 0.5) is 0 Å². The summed E-state index contributed by atoms with van der Waals surface area (Å²) < 4.78 is 5.53. The predicted molar refractivity (Wildman–Crippen MR) is 77.4 cm³/mol. The highest BCUT2D eigenvalue weighted by Crippen LogP contribution is 2.17. The molecule has 21 heavy (non-hydrogen) atoms. The number of likely N-dealkylation sites (N-methyl/N-ethyl adjacent to an activating group) is 1. The number of aromatic amines is 1. The number of amides is 1. The highest BCUT2D eigenvalue weighted by Gasteiger charge is 2.13. The van der Waals surface area contributed by atoms with Crippen molar-refractivity contribution in [1.82, 2.24) is 20.1 Å². The van der Waals surface area contributed by atoms with Gasteiger partial charge in [-0.15, -0.1) is 0 Å². The minimum atomic E-state index is -0.149. The molecule has 1 aromatic heterocycles. The Bertz CT molecular complexity index is 611. The number of benzene rings is 1. The van der Waals surface area contributed by atoms with Crippen LogP contribution >= 0.6 is 0 Å². The van der Waals surface area contributed by atoms with E-state index < -0.39 is 0 Å². The monoisotopic (exact) mass is 289 g/mol. The Morgan fingerprint density at radius 3 is 2.86 bits per heavy atom. The first kappa shape index (κ1) is 15.0. The number of para-hydroxylation sites is 1. The lowest BCUT2D eigenvalue weighted by molar-refractivity contribution is -0.132. The maximum atomic E-state index is 12.0. The zero-order chi connectivity index (χ0) is 15.2. The summed E-state index contributed by atoms with van der Waals surface area (Å²) in [4.78, 5) is 17.7. The van der Waals surface area contributed by atoms with Gasteiger partial charge >= 0.3 is 0 Å². The van der Waals surface area contributed by atoms with E-state index in [4.69, 9.17) is 10.5 Å². The van der Waals surface area contributed by atoms with Gasteiger partial charge in [0.2, 0.25) is 0 Å². The van der Waals surface area contributed by atoms with E-state index in [0.717, 1.165) is 11.4 Å². The number of aromatic nitrogens is 3. The number of nitrogens with zero attached hydrogens (tertiary/aromatic N) is 3. The molecule has 2 aromatic rings. The lowest BCUT2D eigenvalue weighted by Gasteiger charge is -2.16. The molecule has 3 N–H and O–H groups in total. The Morgan fingerprint density at radius 2 is 2.19 bits per heavy atom. The van der Waals surface area contributed by atoms with E-state index in [1.54, 1.807) is 13.1 Å². The molecule has 0 fully saturated rings. The Balaban J connectivity index is 1.89. The fourth-order valence-corrected chi connectivity index (χ4v) is 1.82. The SMILES string of the molecule is Cc1nc(CN(C)C(=O)COc2ccccc2CN)n[nH]1. The number of nitrogens with one attached hydrogen (secondary N) is 1. The molecule has 1 amide bonds. The lowest BCUT2D eigenvalue weighted by atomic mass is 10.2. The number of hydrogen-bond donors (Lipinski definition) is 2. The molecule has 0 bridgehead atoms. The second kappa shape index (κ2) is 6.85. The highest BCUT2D eigenvalue weighted by molar-refractivity contribution is 5.77. The average molecular weight is 289 g/mol. The molecule has 0 unspecified atom stereocenters. The highest BCUT2D eigenvalue weighted by atomic mass is 16.5. The maximum absolute atomic E-state index is 12.0. The summed E-state index contributed by atoms with van der Waals surface area (Å²) in [6.07, 6.45) is 0. The topological polar surface area (TPSA) is 97.1 Å². The Labute approximate surface area is 123 Å². The van der Waals surface area contributed by atoms with Gasteiger partial charge in [-0.3, -0.25) is 9.89 Å². The summed E-state index contributed by atoms with van der Waals surface area (Å²) in [7, 11) is 1.69. The van der Waals surface area contributed by atoms with Crippen LogP contribution in [0.25, 0.3) is 0 Å². The van der Waals surface area contributed by atoms with Crippen LogP contribution < -0.4 is 10.5 Å². The number of nitrogens with two attached hydrogens (primary N) is 1. The van der Waals surface area contributed by atoms with Gasteiger partial charge in [0.1, 0.15) is 11.6 Å². The molecular weight excluding hydrogens is 270 g/mol. The largest absolute Gasteiger partial charge is 0.483 e. The normalized spacial score (nSPS) is 10.4. The number of ether oxygens (including phenoxy) is 1. The lowest BCUT2D eigenvalue weighted by Crippen LogP contribution is -2.31. The zero-order valence-electron chi connectivity index (χ0n) is 12.2. The molecule has 0 atom stereocenters. The van der Waals surface area contributed by atoms with Crippen LogP contribution in [0, 0.1) is 6.92 Å². The summed E-state index contributed by atoms with van der Waals surface area (Å²) in [6, 6.07) is 7.40. The van der Waals surface area contributed by atoms with Crippen molar-refractivity contribution in [2.45, 2.75) is 20.0 Å². The maximum Gasteiger partial charge on any atom is 0.260 e. The van der Waals surface area contributed by atoms with Gasteiger partial charge in [-0.1, -0.05) is 18.2 Å². The molecule has 0 saturated carbocycles. The van der Waals surface area contributed by atoms with Crippen molar-refractivity contribution in [3.63, 3.8) is 0 Å². The predicted octanol–water partition coefficient (Wildman–Crippen LogP) is 0.609. The van der Waals surface area contributed by atoms with Crippen LogP contribution in [-0.2, 0) is 17.9 Å². The van der Waals surface area contributed by atoms with Crippen molar-refractivity contribution in [2.24, 2.45) is 5.73 Å². The number of carbonyl (C=O) groups is 1. The summed E-state index contributed by atoms with van der Waals surface area (Å²) in [6.45, 7) is 2.48. The number of carbonyl (C=O) groups excluding carboxylic acids is 1. The third kappa shape index (κ3) is 4.03. The van der Waals surface area contributed by atoms with Gasteiger partial charge in [-0.05, 0) is 13.0 Å². The molecule has 0 aliphatic rings. The van der Waals surface area contributed by atoms with E-state index in [1.165, 1.54) is 4.90 Å². The van der Waals surface area contributed by atoms with Crippen LogP contribution in [0.3, 0.4) is 0 Å². The van der Waals surface area contributed by atoms with Gasteiger partial charge in [-0.2, -0.15) is 5.10 Å². The molecule has 0 spiro atoms. The smallest absolute Gasteiger partial charge is 0.260 e. The molecule has 7 heteroatoms. The third-order valence-electron chi connectivity index (χ3n) is 2.99. The molecule has 0 aliphatic heterocycles. The number of H-pyrrole nitrogens is 1. The van der Waals surface area contributed by atoms with E-state index in [9.17, 15) is 4.79 Å². The molecule has 1 aromatic carbocycles. The summed E-state index contributed by atoms with van der Waals surface area (Å²) >= 11 is 0. The Hall–Kier alpha value is -2.41. The van der Waals surface area contributed by atoms with Crippen molar-refractivity contribution in [3.8, 4) is 5.75 Å². The van der Waals surface area contributed by atoms with Crippen LogP contribution in [0.1, 0.15) is 17.2 Å². The second-order valence-corrected chi connectivity index (χ2v) is 4.69. The van der Waals surface area contributed by atoms with Gasteiger partial charge in [0.05, 0.1) is 6.54 Å². The van der Waals surface area contributed by atoms with E-state index in [1.807, 2.05) is 25.1 Å². The van der Waals surface area contributed by atoms with Gasteiger partial charge < -0.3 is 15.4 Å². The fourth-order valence-electron chi connectivity index (χ4n) is 1.82.